The third-order valence-corrected chi connectivity index (χ3v) is 4.63. The van der Waals surface area contributed by atoms with E-state index in [4.69, 9.17) is 4.74 Å². The van der Waals surface area contributed by atoms with E-state index in [0.717, 1.165) is 12.8 Å². The molecule has 2 rings (SSSR count). The average molecular weight is 362 g/mol. The summed E-state index contributed by atoms with van der Waals surface area (Å²) in [5.74, 6) is -1.49. The number of hydrogen-bond donors (Lipinski definition) is 3. The molecule has 0 aliphatic heterocycles. The fourth-order valence-electron chi connectivity index (χ4n) is 2.94. The van der Waals surface area contributed by atoms with E-state index in [1.807, 2.05) is 6.92 Å². The van der Waals surface area contributed by atoms with Gasteiger partial charge in [-0.2, -0.15) is 0 Å². The van der Waals surface area contributed by atoms with Crippen molar-refractivity contribution < 1.29 is 24.2 Å². The number of aliphatic carboxylic acids is 1. The molecule has 2 amide bonds. The molecule has 1 aliphatic rings. The van der Waals surface area contributed by atoms with E-state index in [0.29, 0.717) is 43.9 Å². The Balaban J connectivity index is 1.87. The third-order valence-electron chi connectivity index (χ3n) is 4.63. The number of benzene rings is 1. The first-order chi connectivity index (χ1) is 12.5. The smallest absolute Gasteiger partial charge is 0.310 e. The van der Waals surface area contributed by atoms with Crippen LogP contribution >= 0.6 is 0 Å². The summed E-state index contributed by atoms with van der Waals surface area (Å²) in [6.45, 7) is 3.68. The maximum atomic E-state index is 12.2. The summed E-state index contributed by atoms with van der Waals surface area (Å²) in [7, 11) is 0. The standard InChI is InChI=1S/C19H26N2O5/c1-2-26-11-5-10-20-17(23)14-6-3-7-15(12-14)21-16(22)13-19(18(24)25)8-4-9-19/h3,6-7,12H,2,4-5,8-11,13H2,1H3,(H,20,23)(H,21,22)(H,24,25). The number of carbonyl (C=O) groups is 3. The van der Waals surface area contributed by atoms with E-state index >= 15 is 0 Å². The van der Waals surface area contributed by atoms with E-state index < -0.39 is 11.4 Å². The molecule has 3 N–H and O–H groups in total. The Morgan fingerprint density at radius 1 is 1.27 bits per heavy atom. The molecule has 0 radical (unpaired) electrons. The Morgan fingerprint density at radius 2 is 2.04 bits per heavy atom. The Morgan fingerprint density at radius 3 is 2.65 bits per heavy atom. The lowest BCUT2D eigenvalue weighted by Crippen LogP contribution is -2.41. The molecule has 7 nitrogen and oxygen atoms in total. The monoisotopic (exact) mass is 362 g/mol. The molecule has 0 atom stereocenters. The molecule has 1 aliphatic carbocycles. The van der Waals surface area contributed by atoms with Gasteiger partial charge in [-0.1, -0.05) is 12.5 Å². The molecule has 0 spiro atoms. The van der Waals surface area contributed by atoms with Crippen LogP contribution in [0.3, 0.4) is 0 Å². The number of nitrogens with one attached hydrogen (secondary N) is 2. The second-order valence-corrected chi connectivity index (χ2v) is 6.55. The molecule has 142 valence electrons. The minimum absolute atomic E-state index is 0.0455. The van der Waals surface area contributed by atoms with Gasteiger partial charge in [0.05, 0.1) is 5.41 Å². The topological polar surface area (TPSA) is 105 Å². The van der Waals surface area contributed by atoms with E-state index in [2.05, 4.69) is 10.6 Å². The number of ether oxygens (including phenoxy) is 1. The highest BCUT2D eigenvalue weighted by Crippen LogP contribution is 2.44. The van der Waals surface area contributed by atoms with Gasteiger partial charge in [-0.3, -0.25) is 14.4 Å². The molecular formula is C19H26N2O5. The summed E-state index contributed by atoms with van der Waals surface area (Å²) in [5.41, 5.74) is -0.00719. The minimum atomic E-state index is -0.931. The van der Waals surface area contributed by atoms with Gasteiger partial charge in [0.15, 0.2) is 0 Å². The summed E-state index contributed by atoms with van der Waals surface area (Å²) in [6, 6.07) is 6.61. The van der Waals surface area contributed by atoms with Gasteiger partial charge in [-0.25, -0.2) is 0 Å². The molecule has 0 heterocycles. The van der Waals surface area contributed by atoms with Crippen molar-refractivity contribution in [2.24, 2.45) is 5.41 Å². The first-order valence-electron chi connectivity index (χ1n) is 8.96. The fourth-order valence-corrected chi connectivity index (χ4v) is 2.94. The zero-order valence-corrected chi connectivity index (χ0v) is 15.0. The number of amides is 2. The summed E-state index contributed by atoms with van der Waals surface area (Å²) in [4.78, 5) is 35.7. The third kappa shape index (κ3) is 5.29. The Bertz CT molecular complexity index is 655. The van der Waals surface area contributed by atoms with Crippen molar-refractivity contribution >= 4 is 23.5 Å². The molecule has 1 aromatic rings. The Kier molecular flexibility index (Phi) is 7.15. The second kappa shape index (κ2) is 9.33. The first-order valence-corrected chi connectivity index (χ1v) is 8.96. The number of carboxylic acid groups (broad SMARTS) is 1. The summed E-state index contributed by atoms with van der Waals surface area (Å²) in [6.07, 6.45) is 2.57. The van der Waals surface area contributed by atoms with Crippen LogP contribution in [0.4, 0.5) is 5.69 Å². The van der Waals surface area contributed by atoms with Crippen molar-refractivity contribution in [2.45, 2.75) is 39.0 Å². The van der Waals surface area contributed by atoms with E-state index in [1.165, 1.54) is 0 Å². The quantitative estimate of drug-likeness (QED) is 0.555. The van der Waals surface area contributed by atoms with Gasteiger partial charge in [0, 0.05) is 37.4 Å². The van der Waals surface area contributed by atoms with E-state index in [9.17, 15) is 19.5 Å². The lowest BCUT2D eigenvalue weighted by atomic mass is 9.66. The van der Waals surface area contributed by atoms with Crippen LogP contribution in [0.2, 0.25) is 0 Å². The molecule has 1 saturated carbocycles. The number of anilines is 1. The molecular weight excluding hydrogens is 336 g/mol. The van der Waals surface area contributed by atoms with Crippen molar-refractivity contribution in [2.75, 3.05) is 25.1 Å². The lowest BCUT2D eigenvalue weighted by Gasteiger charge is -2.36. The van der Waals surface area contributed by atoms with Gasteiger partial charge in [0.2, 0.25) is 5.91 Å². The molecule has 0 saturated heterocycles. The maximum Gasteiger partial charge on any atom is 0.310 e. The minimum Gasteiger partial charge on any atom is -0.481 e. The van der Waals surface area contributed by atoms with Crippen LogP contribution in [0, 0.1) is 5.41 Å². The predicted octanol–water partition coefficient (Wildman–Crippen LogP) is 2.43. The van der Waals surface area contributed by atoms with Gasteiger partial charge in [0.1, 0.15) is 0 Å². The van der Waals surface area contributed by atoms with Crippen LogP contribution in [0.25, 0.3) is 0 Å². The van der Waals surface area contributed by atoms with Crippen LogP contribution in [-0.2, 0) is 14.3 Å². The molecule has 1 aromatic carbocycles. The molecule has 7 heteroatoms. The van der Waals surface area contributed by atoms with Crippen molar-refractivity contribution in [3.8, 4) is 0 Å². The van der Waals surface area contributed by atoms with Crippen LogP contribution in [0.15, 0.2) is 24.3 Å². The Hall–Kier alpha value is -2.41. The van der Waals surface area contributed by atoms with Gasteiger partial charge >= 0.3 is 5.97 Å². The maximum absolute atomic E-state index is 12.2. The highest BCUT2D eigenvalue weighted by atomic mass is 16.5. The fraction of sp³-hybridized carbons (Fsp3) is 0.526. The van der Waals surface area contributed by atoms with Gasteiger partial charge in [0.25, 0.3) is 5.91 Å². The average Bonchev–Trinajstić information content (AvgIpc) is 2.57. The highest BCUT2D eigenvalue weighted by Gasteiger charge is 2.45. The van der Waals surface area contributed by atoms with Gasteiger partial charge in [-0.05, 0) is 44.4 Å². The van der Waals surface area contributed by atoms with Gasteiger partial charge < -0.3 is 20.5 Å². The van der Waals surface area contributed by atoms with Gasteiger partial charge in [-0.15, -0.1) is 0 Å². The summed E-state index contributed by atoms with van der Waals surface area (Å²) in [5, 5.41) is 14.8. The van der Waals surface area contributed by atoms with E-state index in [1.54, 1.807) is 24.3 Å². The number of carboxylic acids is 1. The normalized spacial score (nSPS) is 15.0. The zero-order chi connectivity index (χ0) is 19.0. The highest BCUT2D eigenvalue weighted by molar-refractivity contribution is 5.98. The largest absolute Gasteiger partial charge is 0.481 e. The SMILES string of the molecule is CCOCCCNC(=O)c1cccc(NC(=O)CC2(C(=O)O)CCC2)c1. The zero-order valence-electron chi connectivity index (χ0n) is 15.0. The van der Waals surface area contributed by atoms with Crippen LogP contribution in [0.5, 0.6) is 0 Å². The number of hydrogen-bond acceptors (Lipinski definition) is 4. The molecule has 0 aromatic heterocycles. The second-order valence-electron chi connectivity index (χ2n) is 6.55. The van der Waals surface area contributed by atoms with E-state index in [-0.39, 0.29) is 18.2 Å². The Labute approximate surface area is 153 Å². The molecule has 0 unspecified atom stereocenters. The number of rotatable bonds is 10. The molecule has 1 fully saturated rings. The van der Waals surface area contributed by atoms with Crippen LogP contribution in [-0.4, -0.2) is 42.6 Å². The van der Waals surface area contributed by atoms with Crippen molar-refractivity contribution in [3.63, 3.8) is 0 Å². The van der Waals surface area contributed by atoms with Crippen molar-refractivity contribution in [3.05, 3.63) is 29.8 Å². The van der Waals surface area contributed by atoms with Crippen LogP contribution < -0.4 is 10.6 Å². The van der Waals surface area contributed by atoms with Crippen LogP contribution in [0.1, 0.15) is 49.4 Å². The number of carbonyl (C=O) groups excluding carboxylic acids is 2. The predicted molar refractivity (Wildman–Crippen MR) is 97.1 cm³/mol. The summed E-state index contributed by atoms with van der Waals surface area (Å²) < 4.78 is 5.21. The lowest BCUT2D eigenvalue weighted by molar-refractivity contribution is -0.157. The summed E-state index contributed by atoms with van der Waals surface area (Å²) >= 11 is 0. The first kappa shape index (κ1) is 19.9. The molecule has 26 heavy (non-hydrogen) atoms. The van der Waals surface area contributed by atoms with Crippen molar-refractivity contribution in [1.82, 2.24) is 5.32 Å². The molecule has 0 bridgehead atoms. The van der Waals surface area contributed by atoms with Crippen molar-refractivity contribution in [1.29, 1.82) is 0 Å².